The summed E-state index contributed by atoms with van der Waals surface area (Å²) in [7, 11) is 0. The molecule has 0 fully saturated rings. The van der Waals surface area contributed by atoms with E-state index in [4.69, 9.17) is 28.9 Å². The molecule has 0 amide bonds. The molecule has 2 unspecified atom stereocenters. The van der Waals surface area contributed by atoms with Crippen molar-refractivity contribution in [1.29, 1.82) is 0 Å². The number of halogens is 2. The molecule has 2 nitrogen and oxygen atoms in total. The molecule has 0 bridgehead atoms. The number of nitrogens with two attached hydrogens (primary N) is 1. The summed E-state index contributed by atoms with van der Waals surface area (Å²) >= 11 is 11.9. The van der Waals surface area contributed by atoms with Gasteiger partial charge in [0, 0.05) is 30.2 Å². The second-order valence-electron chi connectivity index (χ2n) is 6.94. The van der Waals surface area contributed by atoms with Gasteiger partial charge >= 0.3 is 0 Å². The molecule has 0 saturated heterocycles. The predicted octanol–water partition coefficient (Wildman–Crippen LogP) is 5.69. The molecule has 0 aliphatic rings. The lowest BCUT2D eigenvalue weighted by Gasteiger charge is -2.27. The van der Waals surface area contributed by atoms with Crippen LogP contribution in [0.25, 0.3) is 0 Å². The Hall–Kier alpha value is -0.540. The van der Waals surface area contributed by atoms with E-state index in [1.165, 1.54) is 30.4 Å². The van der Waals surface area contributed by atoms with Crippen molar-refractivity contribution in [3.8, 4) is 0 Å². The van der Waals surface area contributed by atoms with Gasteiger partial charge in [-0.2, -0.15) is 0 Å². The first-order valence-corrected chi connectivity index (χ1v) is 9.72. The minimum Gasteiger partial charge on any atom is -0.330 e. The van der Waals surface area contributed by atoms with Gasteiger partial charge in [0.05, 0.1) is 0 Å². The molecule has 0 aromatic heterocycles. The molecule has 0 heterocycles. The van der Waals surface area contributed by atoms with Gasteiger partial charge in [-0.1, -0.05) is 55.6 Å². The zero-order chi connectivity index (χ0) is 17.9. The average molecular weight is 371 g/mol. The lowest BCUT2D eigenvalue weighted by molar-refractivity contribution is 0.234. The molecule has 4 heteroatoms. The van der Waals surface area contributed by atoms with Crippen molar-refractivity contribution < 1.29 is 0 Å². The Morgan fingerprint density at radius 2 is 1.92 bits per heavy atom. The lowest BCUT2D eigenvalue weighted by atomic mass is 9.94. The summed E-state index contributed by atoms with van der Waals surface area (Å²) in [5, 5.41) is 0.780. The normalized spacial score (nSPS) is 14.9. The van der Waals surface area contributed by atoms with Gasteiger partial charge < -0.3 is 5.73 Å². The Kier molecular flexibility index (Phi) is 10.7. The molecule has 0 saturated carbocycles. The van der Waals surface area contributed by atoms with Gasteiger partial charge in [0.1, 0.15) is 0 Å². The molecule has 1 aromatic carbocycles. The first-order valence-electron chi connectivity index (χ1n) is 8.91. The largest absolute Gasteiger partial charge is 0.330 e. The minimum absolute atomic E-state index is 0.640. The van der Waals surface area contributed by atoms with Crippen molar-refractivity contribution in [3.63, 3.8) is 0 Å². The standard InChI is InChI=1S/C20H32Cl2N2/c1-4-18(12-23)6-5-16(2)13-24(14-17(3)11-21)15-19-7-9-20(22)10-8-19/h7-11,16,18H,4-6,12-15,23H2,1-3H3/b17-11-. The third kappa shape index (κ3) is 8.53. The summed E-state index contributed by atoms with van der Waals surface area (Å²) in [6, 6.07) is 8.11. The van der Waals surface area contributed by atoms with E-state index in [1.807, 2.05) is 12.1 Å². The van der Waals surface area contributed by atoms with E-state index in [-0.39, 0.29) is 0 Å². The Morgan fingerprint density at radius 1 is 1.25 bits per heavy atom. The number of hydrogen-bond acceptors (Lipinski definition) is 2. The van der Waals surface area contributed by atoms with Crippen LogP contribution in [-0.2, 0) is 6.54 Å². The molecule has 1 rings (SSSR count). The second-order valence-corrected chi connectivity index (χ2v) is 7.60. The molecule has 24 heavy (non-hydrogen) atoms. The molecule has 2 N–H and O–H groups in total. The zero-order valence-corrected chi connectivity index (χ0v) is 16.8. The zero-order valence-electron chi connectivity index (χ0n) is 15.3. The van der Waals surface area contributed by atoms with Crippen LogP contribution in [0.5, 0.6) is 0 Å². The van der Waals surface area contributed by atoms with E-state index in [1.54, 1.807) is 5.54 Å². The monoisotopic (exact) mass is 370 g/mol. The summed E-state index contributed by atoms with van der Waals surface area (Å²) in [4.78, 5) is 2.46. The molecule has 1 aromatic rings. The van der Waals surface area contributed by atoms with Crippen LogP contribution in [0.1, 0.15) is 45.6 Å². The van der Waals surface area contributed by atoms with E-state index < -0.39 is 0 Å². The van der Waals surface area contributed by atoms with Crippen molar-refractivity contribution in [1.82, 2.24) is 4.90 Å². The molecule has 0 radical (unpaired) electrons. The minimum atomic E-state index is 0.640. The van der Waals surface area contributed by atoms with Gasteiger partial charge in [-0.25, -0.2) is 0 Å². The smallest absolute Gasteiger partial charge is 0.0406 e. The number of hydrogen-bond donors (Lipinski definition) is 1. The van der Waals surface area contributed by atoms with Gasteiger partial charge in [-0.3, -0.25) is 4.90 Å². The van der Waals surface area contributed by atoms with Crippen LogP contribution in [0.3, 0.4) is 0 Å². The lowest BCUT2D eigenvalue weighted by Crippen LogP contribution is -2.30. The Morgan fingerprint density at radius 3 is 2.46 bits per heavy atom. The maximum Gasteiger partial charge on any atom is 0.0406 e. The van der Waals surface area contributed by atoms with Crippen LogP contribution >= 0.6 is 23.2 Å². The highest BCUT2D eigenvalue weighted by atomic mass is 35.5. The topological polar surface area (TPSA) is 29.3 Å². The maximum absolute atomic E-state index is 5.99. The Bertz CT molecular complexity index is 481. The third-order valence-electron chi connectivity index (χ3n) is 4.53. The fourth-order valence-electron chi connectivity index (χ4n) is 2.96. The quantitative estimate of drug-likeness (QED) is 0.542. The highest BCUT2D eigenvalue weighted by Gasteiger charge is 2.13. The first-order chi connectivity index (χ1) is 11.5. The van der Waals surface area contributed by atoms with Crippen LogP contribution in [0.2, 0.25) is 5.02 Å². The van der Waals surface area contributed by atoms with E-state index >= 15 is 0 Å². The fourth-order valence-corrected chi connectivity index (χ4v) is 3.16. The molecule has 136 valence electrons. The van der Waals surface area contributed by atoms with Crippen molar-refractivity contribution in [3.05, 3.63) is 46.0 Å². The van der Waals surface area contributed by atoms with E-state index in [0.29, 0.717) is 11.8 Å². The number of rotatable bonds is 11. The molecule has 0 spiro atoms. The molecular formula is C20H32Cl2N2. The Balaban J connectivity index is 2.62. The van der Waals surface area contributed by atoms with Crippen molar-refractivity contribution >= 4 is 23.2 Å². The molecule has 0 aliphatic carbocycles. The van der Waals surface area contributed by atoms with Crippen molar-refractivity contribution in [2.24, 2.45) is 17.6 Å². The van der Waals surface area contributed by atoms with E-state index in [2.05, 4.69) is 37.8 Å². The summed E-state index contributed by atoms with van der Waals surface area (Å²) in [5.41, 5.74) is 9.97. The fraction of sp³-hybridized carbons (Fsp3) is 0.600. The molecule has 2 atom stereocenters. The average Bonchev–Trinajstić information content (AvgIpc) is 2.57. The van der Waals surface area contributed by atoms with Gasteiger partial charge in [0.25, 0.3) is 0 Å². The van der Waals surface area contributed by atoms with Crippen LogP contribution in [0.15, 0.2) is 35.4 Å². The van der Waals surface area contributed by atoms with Crippen molar-refractivity contribution in [2.75, 3.05) is 19.6 Å². The van der Waals surface area contributed by atoms with Crippen LogP contribution in [0.4, 0.5) is 0 Å². The van der Waals surface area contributed by atoms with E-state index in [9.17, 15) is 0 Å². The van der Waals surface area contributed by atoms with Gasteiger partial charge in [0.2, 0.25) is 0 Å². The SMILES string of the molecule is CCC(CN)CCC(C)CN(C/C(C)=C\Cl)Cc1ccc(Cl)cc1. The van der Waals surface area contributed by atoms with Gasteiger partial charge in [-0.05, 0) is 61.4 Å². The van der Waals surface area contributed by atoms with Crippen LogP contribution in [-0.4, -0.2) is 24.5 Å². The second kappa shape index (κ2) is 11.9. The Labute approximate surface area is 158 Å². The maximum atomic E-state index is 5.99. The summed E-state index contributed by atoms with van der Waals surface area (Å²) in [5.74, 6) is 1.29. The summed E-state index contributed by atoms with van der Waals surface area (Å²) < 4.78 is 0. The van der Waals surface area contributed by atoms with Gasteiger partial charge in [-0.15, -0.1) is 0 Å². The van der Waals surface area contributed by atoms with Crippen LogP contribution < -0.4 is 5.73 Å². The first kappa shape index (κ1) is 21.5. The third-order valence-corrected chi connectivity index (χ3v) is 5.15. The predicted molar refractivity (Wildman–Crippen MR) is 108 cm³/mol. The van der Waals surface area contributed by atoms with Crippen molar-refractivity contribution in [2.45, 2.75) is 46.6 Å². The highest BCUT2D eigenvalue weighted by Crippen LogP contribution is 2.18. The summed E-state index contributed by atoms with van der Waals surface area (Å²) in [6.07, 6.45) is 3.61. The molecule has 0 aliphatic heterocycles. The number of benzene rings is 1. The highest BCUT2D eigenvalue weighted by molar-refractivity contribution is 6.30. The van der Waals surface area contributed by atoms with Gasteiger partial charge in [0.15, 0.2) is 0 Å². The summed E-state index contributed by atoms with van der Waals surface area (Å²) in [6.45, 7) is 10.3. The van der Waals surface area contributed by atoms with E-state index in [0.717, 1.165) is 31.2 Å². The van der Waals surface area contributed by atoms with Crippen LogP contribution in [0, 0.1) is 11.8 Å². The molecular weight excluding hydrogens is 339 g/mol. The number of nitrogens with zero attached hydrogens (tertiary/aromatic N) is 1.